The molecular weight excluding hydrogens is 246 g/mol. The molecule has 1 aromatic heterocycles. The number of likely N-dealkylation sites (tertiary alicyclic amines) is 1. The van der Waals surface area contributed by atoms with E-state index in [9.17, 15) is 10.1 Å². The molecule has 1 atom stereocenters. The van der Waals surface area contributed by atoms with E-state index >= 15 is 0 Å². The van der Waals surface area contributed by atoms with Gasteiger partial charge in [-0.15, -0.1) is 0 Å². The number of nitro groups is 1. The maximum atomic E-state index is 10.9. The quantitative estimate of drug-likeness (QED) is 0.380. The minimum absolute atomic E-state index is 0.0581. The number of aliphatic imine (C=N–C) groups is 1. The molecule has 7 heteroatoms. The van der Waals surface area contributed by atoms with Crippen molar-refractivity contribution in [3.63, 3.8) is 0 Å². The first-order valence-corrected chi connectivity index (χ1v) is 6.30. The molecule has 2 heterocycles. The highest BCUT2D eigenvalue weighted by Gasteiger charge is 2.21. The van der Waals surface area contributed by atoms with Gasteiger partial charge in [-0.05, 0) is 32.3 Å². The molecule has 0 saturated carbocycles. The van der Waals surface area contributed by atoms with Gasteiger partial charge in [0.1, 0.15) is 0 Å². The van der Waals surface area contributed by atoms with Crippen LogP contribution in [0.3, 0.4) is 0 Å². The third kappa shape index (κ3) is 2.98. The van der Waals surface area contributed by atoms with Crippen LogP contribution in [0.2, 0.25) is 0 Å². The lowest BCUT2D eigenvalue weighted by Crippen LogP contribution is -2.46. The zero-order valence-electron chi connectivity index (χ0n) is 10.8. The molecule has 102 valence electrons. The fourth-order valence-electron chi connectivity index (χ4n) is 2.23. The molecular formula is C12H17N5O2. The number of piperidine rings is 1. The van der Waals surface area contributed by atoms with E-state index in [4.69, 9.17) is 5.73 Å². The third-order valence-corrected chi connectivity index (χ3v) is 3.28. The summed E-state index contributed by atoms with van der Waals surface area (Å²) in [5, 5.41) is 10.9. The topological polar surface area (TPSA) is 97.7 Å². The highest BCUT2D eigenvalue weighted by atomic mass is 16.6. The summed E-state index contributed by atoms with van der Waals surface area (Å²) in [5.74, 6) is 0.358. The summed E-state index contributed by atoms with van der Waals surface area (Å²) >= 11 is 0. The first-order valence-electron chi connectivity index (χ1n) is 6.30. The number of hydrogen-bond acceptors (Lipinski definition) is 4. The second-order valence-electron chi connectivity index (χ2n) is 4.61. The van der Waals surface area contributed by atoms with Crippen molar-refractivity contribution >= 4 is 17.5 Å². The predicted octanol–water partition coefficient (Wildman–Crippen LogP) is 1.81. The van der Waals surface area contributed by atoms with Crippen LogP contribution < -0.4 is 5.73 Å². The molecule has 19 heavy (non-hydrogen) atoms. The molecule has 0 amide bonds. The Morgan fingerprint density at radius 3 is 3.11 bits per heavy atom. The van der Waals surface area contributed by atoms with Crippen molar-refractivity contribution in [3.8, 4) is 0 Å². The number of aromatic nitrogens is 1. The van der Waals surface area contributed by atoms with Crippen LogP contribution in [0.15, 0.2) is 23.3 Å². The van der Waals surface area contributed by atoms with Gasteiger partial charge in [-0.1, -0.05) is 0 Å². The van der Waals surface area contributed by atoms with Crippen LogP contribution in [-0.4, -0.2) is 33.4 Å². The van der Waals surface area contributed by atoms with E-state index in [-0.39, 0.29) is 11.5 Å². The van der Waals surface area contributed by atoms with Crippen molar-refractivity contribution in [2.75, 3.05) is 6.54 Å². The van der Waals surface area contributed by atoms with E-state index in [2.05, 4.69) is 16.9 Å². The van der Waals surface area contributed by atoms with Crippen molar-refractivity contribution in [1.29, 1.82) is 0 Å². The molecule has 0 unspecified atom stereocenters. The fourth-order valence-corrected chi connectivity index (χ4v) is 2.23. The monoisotopic (exact) mass is 263 g/mol. The van der Waals surface area contributed by atoms with E-state index in [1.54, 1.807) is 0 Å². The molecule has 1 saturated heterocycles. The SMILES string of the molecule is C[C@@H]1CCCCN1C(N)=Nc1ncccc1[N+](=O)[O-]. The molecule has 0 radical (unpaired) electrons. The number of guanidine groups is 1. The zero-order chi connectivity index (χ0) is 13.8. The van der Waals surface area contributed by atoms with Gasteiger partial charge in [0, 0.05) is 24.8 Å². The molecule has 7 nitrogen and oxygen atoms in total. The van der Waals surface area contributed by atoms with Gasteiger partial charge < -0.3 is 10.6 Å². The minimum atomic E-state index is -0.501. The largest absolute Gasteiger partial charge is 0.369 e. The Morgan fingerprint density at radius 2 is 2.42 bits per heavy atom. The number of pyridine rings is 1. The number of hydrogen-bond donors (Lipinski definition) is 1. The molecule has 0 spiro atoms. The molecule has 1 aromatic rings. The van der Waals surface area contributed by atoms with Gasteiger partial charge in [0.05, 0.1) is 4.92 Å². The molecule has 1 aliphatic rings. The van der Waals surface area contributed by atoms with Crippen molar-refractivity contribution in [2.24, 2.45) is 10.7 Å². The third-order valence-electron chi connectivity index (χ3n) is 3.28. The first-order chi connectivity index (χ1) is 9.09. The predicted molar refractivity (Wildman–Crippen MR) is 72.2 cm³/mol. The van der Waals surface area contributed by atoms with Crippen LogP contribution >= 0.6 is 0 Å². The number of nitrogens with two attached hydrogens (primary N) is 1. The lowest BCUT2D eigenvalue weighted by atomic mass is 10.0. The second-order valence-corrected chi connectivity index (χ2v) is 4.61. The first kappa shape index (κ1) is 13.3. The summed E-state index contributed by atoms with van der Waals surface area (Å²) in [5.41, 5.74) is 5.82. The summed E-state index contributed by atoms with van der Waals surface area (Å²) in [4.78, 5) is 20.4. The van der Waals surface area contributed by atoms with Gasteiger partial charge in [0.25, 0.3) is 0 Å². The Balaban J connectivity index is 2.27. The second kappa shape index (κ2) is 5.64. The van der Waals surface area contributed by atoms with E-state index in [1.165, 1.54) is 24.8 Å². The van der Waals surface area contributed by atoms with Crippen LogP contribution in [0.5, 0.6) is 0 Å². The molecule has 2 N–H and O–H groups in total. The highest BCUT2D eigenvalue weighted by molar-refractivity contribution is 5.82. The van der Waals surface area contributed by atoms with Crippen molar-refractivity contribution < 1.29 is 4.92 Å². The number of nitrogens with zero attached hydrogens (tertiary/aromatic N) is 4. The van der Waals surface area contributed by atoms with Crippen molar-refractivity contribution in [3.05, 3.63) is 28.4 Å². The van der Waals surface area contributed by atoms with E-state index in [0.717, 1.165) is 19.4 Å². The van der Waals surface area contributed by atoms with Gasteiger partial charge in [0.15, 0.2) is 5.96 Å². The summed E-state index contributed by atoms with van der Waals surface area (Å²) in [6, 6.07) is 3.19. The molecule has 0 aliphatic carbocycles. The summed E-state index contributed by atoms with van der Waals surface area (Å²) < 4.78 is 0. The summed E-state index contributed by atoms with van der Waals surface area (Å²) in [6.45, 7) is 2.91. The summed E-state index contributed by atoms with van der Waals surface area (Å²) in [6.07, 6.45) is 4.76. The van der Waals surface area contributed by atoms with Crippen LogP contribution in [0.4, 0.5) is 11.5 Å². The van der Waals surface area contributed by atoms with Crippen LogP contribution in [-0.2, 0) is 0 Å². The van der Waals surface area contributed by atoms with Gasteiger partial charge >= 0.3 is 5.69 Å². The Hall–Kier alpha value is -2.18. The highest BCUT2D eigenvalue weighted by Crippen LogP contribution is 2.24. The van der Waals surface area contributed by atoms with Gasteiger partial charge in [0.2, 0.25) is 5.82 Å². The van der Waals surface area contributed by atoms with E-state index < -0.39 is 4.92 Å². The maximum absolute atomic E-state index is 10.9. The summed E-state index contributed by atoms with van der Waals surface area (Å²) in [7, 11) is 0. The fraction of sp³-hybridized carbons (Fsp3) is 0.500. The minimum Gasteiger partial charge on any atom is -0.369 e. The Morgan fingerprint density at radius 1 is 1.63 bits per heavy atom. The van der Waals surface area contributed by atoms with Crippen molar-refractivity contribution in [2.45, 2.75) is 32.2 Å². The van der Waals surface area contributed by atoms with Crippen molar-refractivity contribution in [1.82, 2.24) is 9.88 Å². The Bertz CT molecular complexity index is 503. The standard InChI is InChI=1S/C12H17N5O2/c1-9-5-2-3-8-16(9)12(13)15-11-10(17(18)19)6-4-7-14-11/h4,6-7,9H,2-3,5,8H2,1H3,(H2,13,14,15)/t9-/m1/s1. The molecule has 1 fully saturated rings. The zero-order valence-corrected chi connectivity index (χ0v) is 10.8. The number of rotatable bonds is 2. The van der Waals surface area contributed by atoms with Crippen LogP contribution in [0.25, 0.3) is 0 Å². The Labute approximate surface area is 111 Å². The van der Waals surface area contributed by atoms with E-state index in [0.29, 0.717) is 12.0 Å². The molecule has 1 aliphatic heterocycles. The van der Waals surface area contributed by atoms with Gasteiger partial charge in [-0.25, -0.2) is 4.98 Å². The van der Waals surface area contributed by atoms with Gasteiger partial charge in [-0.2, -0.15) is 4.99 Å². The molecule has 0 bridgehead atoms. The van der Waals surface area contributed by atoms with Crippen LogP contribution in [0.1, 0.15) is 26.2 Å². The van der Waals surface area contributed by atoms with Gasteiger partial charge in [-0.3, -0.25) is 10.1 Å². The van der Waals surface area contributed by atoms with E-state index in [1.807, 2.05) is 4.90 Å². The average Bonchev–Trinajstić information content (AvgIpc) is 2.39. The maximum Gasteiger partial charge on any atom is 0.313 e. The Kier molecular flexibility index (Phi) is 3.94. The lowest BCUT2D eigenvalue weighted by Gasteiger charge is -2.34. The normalized spacial score (nSPS) is 20.4. The smallest absolute Gasteiger partial charge is 0.313 e. The lowest BCUT2D eigenvalue weighted by molar-refractivity contribution is -0.384. The molecule has 0 aromatic carbocycles. The van der Waals surface area contributed by atoms with Crippen LogP contribution in [0, 0.1) is 10.1 Å². The average molecular weight is 263 g/mol. The molecule has 2 rings (SSSR count).